The van der Waals surface area contributed by atoms with Crippen molar-refractivity contribution in [1.82, 2.24) is 0 Å². The first-order valence-corrected chi connectivity index (χ1v) is 10.1. The van der Waals surface area contributed by atoms with Gasteiger partial charge in [-0.2, -0.15) is 0 Å². The summed E-state index contributed by atoms with van der Waals surface area (Å²) in [4.78, 5) is 0. The van der Waals surface area contributed by atoms with Gasteiger partial charge in [0.15, 0.2) is 0 Å². The molecular formula is C24H32O. The van der Waals surface area contributed by atoms with E-state index in [9.17, 15) is 0 Å². The van der Waals surface area contributed by atoms with E-state index >= 15 is 0 Å². The van der Waals surface area contributed by atoms with Gasteiger partial charge in [0, 0.05) is 0 Å². The van der Waals surface area contributed by atoms with Crippen LogP contribution >= 0.6 is 0 Å². The number of unbranched alkanes of at least 4 members (excludes halogenated alkanes) is 1. The van der Waals surface area contributed by atoms with Crippen LogP contribution in [0.1, 0.15) is 70.3 Å². The molecule has 1 aliphatic rings. The van der Waals surface area contributed by atoms with E-state index in [-0.39, 0.29) is 0 Å². The van der Waals surface area contributed by atoms with Gasteiger partial charge < -0.3 is 4.74 Å². The Balaban J connectivity index is 1.59. The van der Waals surface area contributed by atoms with Crippen molar-refractivity contribution in [2.24, 2.45) is 5.92 Å². The molecule has 1 nitrogen and oxygen atoms in total. The summed E-state index contributed by atoms with van der Waals surface area (Å²) < 4.78 is 5.53. The molecule has 0 radical (unpaired) electrons. The van der Waals surface area contributed by atoms with Crippen molar-refractivity contribution in [2.75, 3.05) is 6.61 Å². The highest BCUT2D eigenvalue weighted by molar-refractivity contribution is 5.64. The lowest BCUT2D eigenvalue weighted by molar-refractivity contribution is 0.304. The molecule has 2 aromatic carbocycles. The molecule has 0 bridgehead atoms. The lowest BCUT2D eigenvalue weighted by Gasteiger charge is -2.29. The lowest BCUT2D eigenvalue weighted by atomic mass is 9.77. The number of rotatable bonds is 7. The Labute approximate surface area is 153 Å². The topological polar surface area (TPSA) is 9.23 Å². The Kier molecular flexibility index (Phi) is 6.55. The maximum Gasteiger partial charge on any atom is 0.119 e. The maximum absolute atomic E-state index is 5.53. The van der Waals surface area contributed by atoms with Crippen molar-refractivity contribution >= 4 is 0 Å². The molecule has 1 aliphatic carbocycles. The summed E-state index contributed by atoms with van der Waals surface area (Å²) in [6.07, 6.45) is 9.78. The maximum atomic E-state index is 5.53. The van der Waals surface area contributed by atoms with Crippen molar-refractivity contribution < 1.29 is 4.74 Å². The number of hydrogen-bond acceptors (Lipinski definition) is 1. The highest BCUT2D eigenvalue weighted by Crippen LogP contribution is 2.38. The molecule has 1 heteroatoms. The predicted octanol–water partition coefficient (Wildman–Crippen LogP) is 7.22. The number of benzene rings is 2. The quantitative estimate of drug-likeness (QED) is 0.519. The van der Waals surface area contributed by atoms with Gasteiger partial charge in [-0.15, -0.1) is 0 Å². The molecule has 0 saturated heterocycles. The molecule has 134 valence electrons. The first-order valence-electron chi connectivity index (χ1n) is 10.1. The van der Waals surface area contributed by atoms with Crippen LogP contribution < -0.4 is 4.74 Å². The molecule has 0 aromatic heterocycles. The monoisotopic (exact) mass is 336 g/mol. The zero-order valence-electron chi connectivity index (χ0n) is 15.8. The van der Waals surface area contributed by atoms with E-state index in [1.807, 2.05) is 6.92 Å². The minimum Gasteiger partial charge on any atom is -0.494 e. The van der Waals surface area contributed by atoms with Crippen molar-refractivity contribution in [3.05, 3.63) is 54.1 Å². The Morgan fingerprint density at radius 2 is 1.40 bits per heavy atom. The van der Waals surface area contributed by atoms with E-state index in [0.29, 0.717) is 6.61 Å². The molecule has 0 aliphatic heterocycles. The van der Waals surface area contributed by atoms with Gasteiger partial charge in [0.1, 0.15) is 5.75 Å². The van der Waals surface area contributed by atoms with E-state index in [0.717, 1.165) is 17.6 Å². The van der Waals surface area contributed by atoms with Crippen LogP contribution in [0.3, 0.4) is 0 Å². The summed E-state index contributed by atoms with van der Waals surface area (Å²) in [5.74, 6) is 2.70. The second-order valence-electron chi connectivity index (χ2n) is 7.44. The van der Waals surface area contributed by atoms with Crippen LogP contribution in [0, 0.1) is 5.92 Å². The Morgan fingerprint density at radius 1 is 0.800 bits per heavy atom. The third-order valence-corrected chi connectivity index (χ3v) is 5.69. The fraction of sp³-hybridized carbons (Fsp3) is 0.500. The second-order valence-corrected chi connectivity index (χ2v) is 7.44. The first kappa shape index (κ1) is 18.0. The van der Waals surface area contributed by atoms with E-state index in [1.54, 1.807) is 0 Å². The summed E-state index contributed by atoms with van der Waals surface area (Å²) >= 11 is 0. The van der Waals surface area contributed by atoms with Gasteiger partial charge >= 0.3 is 0 Å². The van der Waals surface area contributed by atoms with Crippen molar-refractivity contribution in [2.45, 2.75) is 64.7 Å². The normalized spacial score (nSPS) is 20.4. The van der Waals surface area contributed by atoms with Crippen molar-refractivity contribution in [3.8, 4) is 16.9 Å². The van der Waals surface area contributed by atoms with E-state index in [2.05, 4.69) is 55.5 Å². The molecule has 0 unspecified atom stereocenters. The zero-order chi connectivity index (χ0) is 17.5. The van der Waals surface area contributed by atoms with Gasteiger partial charge in [0.25, 0.3) is 0 Å². The highest BCUT2D eigenvalue weighted by Gasteiger charge is 2.21. The molecule has 25 heavy (non-hydrogen) atoms. The highest BCUT2D eigenvalue weighted by atomic mass is 16.5. The number of ether oxygens (including phenoxy) is 1. The predicted molar refractivity (Wildman–Crippen MR) is 107 cm³/mol. The molecule has 0 spiro atoms. The van der Waals surface area contributed by atoms with Crippen LogP contribution in [0.5, 0.6) is 5.75 Å². The third-order valence-electron chi connectivity index (χ3n) is 5.69. The average Bonchev–Trinajstić information content (AvgIpc) is 2.68. The molecule has 1 saturated carbocycles. The van der Waals surface area contributed by atoms with Gasteiger partial charge in [0.2, 0.25) is 0 Å². The number of hydrogen-bond donors (Lipinski definition) is 0. The molecule has 0 heterocycles. The van der Waals surface area contributed by atoms with Gasteiger partial charge in [-0.05, 0) is 73.3 Å². The fourth-order valence-corrected chi connectivity index (χ4v) is 4.14. The average molecular weight is 337 g/mol. The van der Waals surface area contributed by atoms with Gasteiger partial charge in [-0.3, -0.25) is 0 Å². The largest absolute Gasteiger partial charge is 0.494 e. The molecule has 3 rings (SSSR count). The minimum atomic E-state index is 0.717. The SMILES string of the molecule is CCCCC1CCC(c2ccc(-c3ccc(OCC)cc3)cc2)CC1. The summed E-state index contributed by atoms with van der Waals surface area (Å²) in [6, 6.07) is 17.7. The second kappa shape index (κ2) is 9.08. The Morgan fingerprint density at radius 3 is 1.96 bits per heavy atom. The van der Waals surface area contributed by atoms with E-state index < -0.39 is 0 Å². The smallest absolute Gasteiger partial charge is 0.119 e. The van der Waals surface area contributed by atoms with Gasteiger partial charge in [0.05, 0.1) is 6.61 Å². The van der Waals surface area contributed by atoms with Gasteiger partial charge in [-0.25, -0.2) is 0 Å². The fourth-order valence-electron chi connectivity index (χ4n) is 4.14. The first-order chi connectivity index (χ1) is 12.3. The summed E-state index contributed by atoms with van der Waals surface area (Å²) in [6.45, 7) is 5.04. The Bertz CT molecular complexity index is 618. The third kappa shape index (κ3) is 4.87. The van der Waals surface area contributed by atoms with Crippen LogP contribution in [0.2, 0.25) is 0 Å². The minimum absolute atomic E-state index is 0.717. The van der Waals surface area contributed by atoms with Crippen molar-refractivity contribution in [3.63, 3.8) is 0 Å². The standard InChI is InChI=1S/C24H32O/c1-3-5-6-19-7-9-20(10-8-19)21-11-13-22(14-12-21)23-15-17-24(18-16-23)25-4-2/h11-20H,3-10H2,1-2H3. The van der Waals surface area contributed by atoms with Crippen LogP contribution in [-0.4, -0.2) is 6.61 Å². The van der Waals surface area contributed by atoms with Crippen LogP contribution in [0.4, 0.5) is 0 Å². The molecule has 0 amide bonds. The van der Waals surface area contributed by atoms with E-state index in [4.69, 9.17) is 4.74 Å². The molecule has 1 fully saturated rings. The summed E-state index contributed by atoms with van der Waals surface area (Å²) in [5, 5.41) is 0. The lowest BCUT2D eigenvalue weighted by Crippen LogP contribution is -2.13. The molecular weight excluding hydrogens is 304 g/mol. The zero-order valence-corrected chi connectivity index (χ0v) is 15.8. The van der Waals surface area contributed by atoms with Crippen molar-refractivity contribution in [1.29, 1.82) is 0 Å². The molecule has 0 atom stereocenters. The van der Waals surface area contributed by atoms with Crippen LogP contribution in [-0.2, 0) is 0 Å². The van der Waals surface area contributed by atoms with Crippen LogP contribution in [0.15, 0.2) is 48.5 Å². The molecule has 0 N–H and O–H groups in total. The van der Waals surface area contributed by atoms with Gasteiger partial charge in [-0.1, -0.05) is 62.6 Å². The van der Waals surface area contributed by atoms with Crippen LogP contribution in [0.25, 0.3) is 11.1 Å². The summed E-state index contributed by atoms with van der Waals surface area (Å²) in [7, 11) is 0. The van der Waals surface area contributed by atoms with E-state index in [1.165, 1.54) is 61.6 Å². The molecule has 2 aromatic rings. The summed E-state index contributed by atoms with van der Waals surface area (Å²) in [5.41, 5.74) is 4.09. The Hall–Kier alpha value is -1.76.